The summed E-state index contributed by atoms with van der Waals surface area (Å²) in [6.45, 7) is 1.32. The predicted molar refractivity (Wildman–Crippen MR) is 77.2 cm³/mol. The highest BCUT2D eigenvalue weighted by Crippen LogP contribution is 2.33. The van der Waals surface area contributed by atoms with Crippen molar-refractivity contribution in [1.29, 1.82) is 0 Å². The summed E-state index contributed by atoms with van der Waals surface area (Å²) < 4.78 is 10.7. The summed E-state index contributed by atoms with van der Waals surface area (Å²) in [4.78, 5) is 23.4. The summed E-state index contributed by atoms with van der Waals surface area (Å²) >= 11 is 0. The van der Waals surface area contributed by atoms with Gasteiger partial charge in [0.25, 0.3) is 0 Å². The molecule has 21 heavy (non-hydrogen) atoms. The second-order valence-electron chi connectivity index (χ2n) is 5.51. The largest absolute Gasteiger partial charge is 0.454 e. The Bertz CT molecular complexity index is 615. The molecule has 4 nitrogen and oxygen atoms in total. The quantitative estimate of drug-likeness (QED) is 0.476. The molecule has 4 heteroatoms. The van der Waals surface area contributed by atoms with Gasteiger partial charge in [-0.3, -0.25) is 4.79 Å². The number of esters is 2. The van der Waals surface area contributed by atoms with Gasteiger partial charge in [0.2, 0.25) is 0 Å². The maximum Gasteiger partial charge on any atom is 0.342 e. The lowest BCUT2D eigenvalue weighted by Gasteiger charge is -2.29. The van der Waals surface area contributed by atoms with Gasteiger partial charge >= 0.3 is 11.9 Å². The lowest BCUT2D eigenvalue weighted by Crippen LogP contribution is -2.30. The topological polar surface area (TPSA) is 52.6 Å². The molecule has 110 valence electrons. The van der Waals surface area contributed by atoms with Gasteiger partial charge in [0.15, 0.2) is 0 Å². The molecule has 0 saturated carbocycles. The maximum absolute atomic E-state index is 12.3. The van der Waals surface area contributed by atoms with E-state index in [4.69, 9.17) is 9.47 Å². The number of carbonyl (C=O) groups excluding carboxylic acids is 2. The molecule has 1 aromatic carbocycles. The minimum absolute atomic E-state index is 0.169. The molecule has 1 aromatic rings. The van der Waals surface area contributed by atoms with Crippen molar-refractivity contribution < 1.29 is 19.1 Å². The first kappa shape index (κ1) is 13.9. The summed E-state index contributed by atoms with van der Waals surface area (Å²) in [6.07, 6.45) is 7.10. The van der Waals surface area contributed by atoms with Gasteiger partial charge in [-0.25, -0.2) is 4.79 Å². The van der Waals surface area contributed by atoms with Crippen molar-refractivity contribution in [2.75, 3.05) is 0 Å². The SMILES string of the molecule is CC(=O)Oc1cccc2c1C(=O)OC(C1=CCCCC1)C2. The molecule has 0 spiro atoms. The fourth-order valence-electron chi connectivity index (χ4n) is 3.01. The molecule has 0 N–H and O–H groups in total. The van der Waals surface area contributed by atoms with Crippen molar-refractivity contribution in [3.8, 4) is 5.75 Å². The van der Waals surface area contributed by atoms with Crippen molar-refractivity contribution >= 4 is 11.9 Å². The molecule has 2 aliphatic rings. The van der Waals surface area contributed by atoms with Crippen molar-refractivity contribution in [3.63, 3.8) is 0 Å². The van der Waals surface area contributed by atoms with Crippen molar-refractivity contribution in [1.82, 2.24) is 0 Å². The molecule has 1 atom stereocenters. The first-order valence-corrected chi connectivity index (χ1v) is 7.35. The zero-order chi connectivity index (χ0) is 14.8. The lowest BCUT2D eigenvalue weighted by atomic mass is 9.89. The van der Waals surface area contributed by atoms with Crippen LogP contribution in [-0.4, -0.2) is 18.0 Å². The number of hydrogen-bond donors (Lipinski definition) is 0. The van der Waals surface area contributed by atoms with E-state index in [0.717, 1.165) is 24.8 Å². The Hall–Kier alpha value is -2.10. The summed E-state index contributed by atoms with van der Waals surface area (Å²) in [6, 6.07) is 5.34. The zero-order valence-corrected chi connectivity index (χ0v) is 12.1. The van der Waals surface area contributed by atoms with Crippen LogP contribution in [0.4, 0.5) is 0 Å². The van der Waals surface area contributed by atoms with Crippen LogP contribution < -0.4 is 4.74 Å². The fraction of sp³-hybridized carbons (Fsp3) is 0.412. The van der Waals surface area contributed by atoms with Crippen LogP contribution in [-0.2, 0) is 16.0 Å². The molecular weight excluding hydrogens is 268 g/mol. The number of allylic oxidation sites excluding steroid dienone is 1. The Labute approximate surface area is 123 Å². The molecular formula is C17H18O4. The molecule has 1 unspecified atom stereocenters. The van der Waals surface area contributed by atoms with E-state index < -0.39 is 11.9 Å². The van der Waals surface area contributed by atoms with Gasteiger partial charge in [0.05, 0.1) is 0 Å². The van der Waals surface area contributed by atoms with Crippen LogP contribution in [0, 0.1) is 0 Å². The standard InChI is InChI=1S/C17H18O4/c1-11(18)20-14-9-5-8-13-10-15(21-17(19)16(13)14)12-6-3-2-4-7-12/h5-6,8-9,15H,2-4,7,10H2,1H3. The highest BCUT2D eigenvalue weighted by atomic mass is 16.6. The van der Waals surface area contributed by atoms with E-state index in [1.807, 2.05) is 12.1 Å². The Kier molecular flexibility index (Phi) is 3.78. The van der Waals surface area contributed by atoms with Crippen molar-refractivity contribution in [3.05, 3.63) is 41.0 Å². The van der Waals surface area contributed by atoms with Gasteiger partial charge in [-0.1, -0.05) is 18.2 Å². The molecule has 0 radical (unpaired) electrons. The molecule has 0 fully saturated rings. The monoisotopic (exact) mass is 286 g/mol. The third kappa shape index (κ3) is 2.84. The van der Waals surface area contributed by atoms with Gasteiger partial charge in [-0.15, -0.1) is 0 Å². The first-order chi connectivity index (χ1) is 10.1. The van der Waals surface area contributed by atoms with Crippen LogP contribution >= 0.6 is 0 Å². The third-order valence-electron chi connectivity index (χ3n) is 3.96. The molecule has 1 aliphatic heterocycles. The maximum atomic E-state index is 12.3. The second kappa shape index (κ2) is 5.72. The highest BCUT2D eigenvalue weighted by molar-refractivity contribution is 5.96. The second-order valence-corrected chi connectivity index (χ2v) is 5.51. The molecule has 1 aliphatic carbocycles. The van der Waals surface area contributed by atoms with Crippen LogP contribution in [0.5, 0.6) is 5.75 Å². The lowest BCUT2D eigenvalue weighted by molar-refractivity contribution is -0.131. The minimum Gasteiger partial charge on any atom is -0.454 e. The average Bonchev–Trinajstić information content (AvgIpc) is 2.47. The summed E-state index contributed by atoms with van der Waals surface area (Å²) in [7, 11) is 0. The van der Waals surface area contributed by atoms with E-state index in [0.29, 0.717) is 17.7 Å². The predicted octanol–water partition coefficient (Wildman–Crippen LogP) is 3.19. The Morgan fingerprint density at radius 2 is 2.19 bits per heavy atom. The van der Waals surface area contributed by atoms with E-state index in [2.05, 4.69) is 6.08 Å². The Morgan fingerprint density at radius 3 is 2.90 bits per heavy atom. The number of carbonyl (C=O) groups is 2. The first-order valence-electron chi connectivity index (χ1n) is 7.35. The summed E-state index contributed by atoms with van der Waals surface area (Å²) in [5.41, 5.74) is 2.50. The van der Waals surface area contributed by atoms with E-state index in [1.165, 1.54) is 18.9 Å². The number of hydrogen-bond acceptors (Lipinski definition) is 4. The van der Waals surface area contributed by atoms with Gasteiger partial charge in [0.1, 0.15) is 17.4 Å². The van der Waals surface area contributed by atoms with Crippen LogP contribution in [0.15, 0.2) is 29.8 Å². The van der Waals surface area contributed by atoms with E-state index in [-0.39, 0.29) is 6.10 Å². The molecule has 1 heterocycles. The molecule has 0 bridgehead atoms. The Morgan fingerprint density at radius 1 is 1.33 bits per heavy atom. The normalized spacial score (nSPS) is 21.1. The zero-order valence-electron chi connectivity index (χ0n) is 12.1. The van der Waals surface area contributed by atoms with Crippen molar-refractivity contribution in [2.45, 2.75) is 45.1 Å². The number of cyclic esters (lactones) is 1. The van der Waals surface area contributed by atoms with Crippen LogP contribution in [0.1, 0.15) is 48.5 Å². The van der Waals surface area contributed by atoms with E-state index in [9.17, 15) is 9.59 Å². The number of benzene rings is 1. The van der Waals surface area contributed by atoms with Gasteiger partial charge in [-0.2, -0.15) is 0 Å². The molecule has 0 amide bonds. The van der Waals surface area contributed by atoms with Gasteiger partial charge in [-0.05, 0) is 42.9 Å². The van der Waals surface area contributed by atoms with E-state index in [1.54, 1.807) is 6.07 Å². The summed E-state index contributed by atoms with van der Waals surface area (Å²) in [5.74, 6) is -0.543. The number of ether oxygens (including phenoxy) is 2. The fourth-order valence-corrected chi connectivity index (χ4v) is 3.01. The number of fused-ring (bicyclic) bond motifs is 1. The van der Waals surface area contributed by atoms with Gasteiger partial charge < -0.3 is 9.47 Å². The summed E-state index contributed by atoms with van der Waals surface area (Å²) in [5, 5.41) is 0. The van der Waals surface area contributed by atoms with Crippen LogP contribution in [0.3, 0.4) is 0 Å². The van der Waals surface area contributed by atoms with Crippen LogP contribution in [0.2, 0.25) is 0 Å². The van der Waals surface area contributed by atoms with Crippen molar-refractivity contribution in [2.24, 2.45) is 0 Å². The van der Waals surface area contributed by atoms with Gasteiger partial charge in [0, 0.05) is 13.3 Å². The number of rotatable bonds is 2. The average molecular weight is 286 g/mol. The molecule has 0 saturated heterocycles. The van der Waals surface area contributed by atoms with Crippen LogP contribution in [0.25, 0.3) is 0 Å². The minimum atomic E-state index is -0.437. The Balaban J connectivity index is 1.91. The third-order valence-corrected chi connectivity index (χ3v) is 3.96. The molecule has 3 rings (SSSR count). The highest BCUT2D eigenvalue weighted by Gasteiger charge is 2.31. The smallest absolute Gasteiger partial charge is 0.342 e. The van der Waals surface area contributed by atoms with E-state index >= 15 is 0 Å². The molecule has 0 aromatic heterocycles.